The molecule has 0 spiro atoms. The highest BCUT2D eigenvalue weighted by Gasteiger charge is 2.16. The Morgan fingerprint density at radius 3 is 2.71 bits per heavy atom. The first-order chi connectivity index (χ1) is 10.0. The van der Waals surface area contributed by atoms with Gasteiger partial charge in [-0.05, 0) is 62.5 Å². The van der Waals surface area contributed by atoms with Crippen LogP contribution in [0, 0.1) is 6.92 Å². The lowest BCUT2D eigenvalue weighted by atomic mass is 10.2. The number of rotatable bonds is 2. The molecule has 3 rings (SSSR count). The van der Waals surface area contributed by atoms with E-state index in [1.54, 1.807) is 6.20 Å². The van der Waals surface area contributed by atoms with Crippen molar-refractivity contribution >= 4 is 66.2 Å². The highest BCUT2D eigenvalue weighted by molar-refractivity contribution is 9.10. The number of pyridine rings is 1. The molecular formula is C14H9Br2Cl2N3. The molecule has 0 atom stereocenters. The van der Waals surface area contributed by atoms with Crippen LogP contribution in [0.3, 0.4) is 0 Å². The van der Waals surface area contributed by atoms with Gasteiger partial charge < -0.3 is 0 Å². The van der Waals surface area contributed by atoms with Crippen LogP contribution in [-0.2, 0) is 5.88 Å². The molecule has 0 N–H and O–H groups in total. The van der Waals surface area contributed by atoms with E-state index in [4.69, 9.17) is 23.2 Å². The van der Waals surface area contributed by atoms with Crippen molar-refractivity contribution < 1.29 is 0 Å². The fraction of sp³-hybridized carbons (Fsp3) is 0.143. The Labute approximate surface area is 148 Å². The van der Waals surface area contributed by atoms with Crippen LogP contribution in [0.2, 0.25) is 5.02 Å². The van der Waals surface area contributed by atoms with Crippen LogP contribution < -0.4 is 0 Å². The molecular weight excluding hydrogens is 441 g/mol. The van der Waals surface area contributed by atoms with Crippen molar-refractivity contribution in [3.63, 3.8) is 0 Å². The fourth-order valence-electron chi connectivity index (χ4n) is 2.14. The van der Waals surface area contributed by atoms with Crippen LogP contribution >= 0.6 is 55.1 Å². The Morgan fingerprint density at radius 2 is 2.00 bits per heavy atom. The van der Waals surface area contributed by atoms with Gasteiger partial charge >= 0.3 is 0 Å². The maximum absolute atomic E-state index is 6.26. The number of alkyl halides is 1. The van der Waals surface area contributed by atoms with Crippen LogP contribution in [0.5, 0.6) is 0 Å². The number of nitrogens with zero attached hydrogens (tertiary/aromatic N) is 3. The SMILES string of the molecule is Cc1cc(Br)c(-n2c(CCl)nc3cc(Br)cnc32)cc1Cl. The number of fused-ring (bicyclic) bond motifs is 1. The molecule has 2 aromatic heterocycles. The molecule has 0 saturated heterocycles. The fourth-order valence-corrected chi connectivity index (χ4v) is 3.43. The van der Waals surface area contributed by atoms with Gasteiger partial charge in [0.25, 0.3) is 0 Å². The molecule has 1 aromatic carbocycles. The first-order valence-electron chi connectivity index (χ1n) is 6.06. The van der Waals surface area contributed by atoms with Crippen molar-refractivity contribution in [2.24, 2.45) is 0 Å². The van der Waals surface area contributed by atoms with Crippen molar-refractivity contribution in [1.82, 2.24) is 14.5 Å². The van der Waals surface area contributed by atoms with Gasteiger partial charge in [0.1, 0.15) is 11.3 Å². The molecule has 0 aliphatic heterocycles. The molecule has 0 bridgehead atoms. The molecule has 2 heterocycles. The molecule has 0 aliphatic carbocycles. The molecule has 0 fully saturated rings. The Morgan fingerprint density at radius 1 is 1.24 bits per heavy atom. The van der Waals surface area contributed by atoms with E-state index in [2.05, 4.69) is 41.8 Å². The van der Waals surface area contributed by atoms with E-state index in [1.807, 2.05) is 29.7 Å². The third kappa shape index (κ3) is 2.72. The summed E-state index contributed by atoms with van der Waals surface area (Å²) in [6.45, 7) is 1.96. The number of aryl methyl sites for hydroxylation is 1. The van der Waals surface area contributed by atoms with Gasteiger partial charge in [-0.15, -0.1) is 11.6 Å². The highest BCUT2D eigenvalue weighted by atomic mass is 79.9. The van der Waals surface area contributed by atoms with Crippen molar-refractivity contribution in [3.05, 3.63) is 49.8 Å². The molecule has 3 nitrogen and oxygen atoms in total. The van der Waals surface area contributed by atoms with Crippen LogP contribution in [0.15, 0.2) is 33.3 Å². The standard InChI is InChI=1S/C14H9Br2Cl2N3/c1-7-2-9(16)12(4-10(7)18)21-13(5-17)20-11-3-8(15)6-19-14(11)21/h2-4,6H,5H2,1H3. The van der Waals surface area contributed by atoms with Crippen LogP contribution in [0.1, 0.15) is 11.4 Å². The first-order valence-corrected chi connectivity index (χ1v) is 8.56. The summed E-state index contributed by atoms with van der Waals surface area (Å²) in [5.41, 5.74) is 3.40. The smallest absolute Gasteiger partial charge is 0.164 e. The molecule has 108 valence electrons. The topological polar surface area (TPSA) is 30.7 Å². The van der Waals surface area contributed by atoms with E-state index in [0.29, 0.717) is 5.02 Å². The number of aromatic nitrogens is 3. The predicted molar refractivity (Wildman–Crippen MR) is 93.6 cm³/mol. The highest BCUT2D eigenvalue weighted by Crippen LogP contribution is 2.32. The number of hydrogen-bond acceptors (Lipinski definition) is 2. The number of hydrogen-bond donors (Lipinski definition) is 0. The van der Waals surface area contributed by atoms with Crippen LogP contribution in [-0.4, -0.2) is 14.5 Å². The molecule has 21 heavy (non-hydrogen) atoms. The minimum atomic E-state index is 0.284. The lowest BCUT2D eigenvalue weighted by molar-refractivity contribution is 0.964. The molecule has 0 amide bonds. The van der Waals surface area contributed by atoms with Gasteiger partial charge in [0, 0.05) is 20.2 Å². The first kappa shape index (κ1) is 15.3. The van der Waals surface area contributed by atoms with Gasteiger partial charge in [0.05, 0.1) is 11.6 Å². The molecule has 3 aromatic rings. The van der Waals surface area contributed by atoms with Crippen molar-refractivity contribution in [2.45, 2.75) is 12.8 Å². The van der Waals surface area contributed by atoms with Gasteiger partial charge in [-0.25, -0.2) is 9.97 Å². The zero-order valence-electron chi connectivity index (χ0n) is 10.9. The summed E-state index contributed by atoms with van der Waals surface area (Å²) < 4.78 is 3.71. The van der Waals surface area contributed by atoms with Gasteiger partial charge in [0.15, 0.2) is 5.65 Å². The third-order valence-electron chi connectivity index (χ3n) is 3.12. The van der Waals surface area contributed by atoms with Crippen molar-refractivity contribution in [2.75, 3.05) is 0 Å². The summed E-state index contributed by atoms with van der Waals surface area (Å²) in [5, 5.41) is 0.688. The van der Waals surface area contributed by atoms with Gasteiger partial charge in [0.2, 0.25) is 0 Å². The van der Waals surface area contributed by atoms with Crippen LogP contribution in [0.25, 0.3) is 16.9 Å². The third-order valence-corrected chi connectivity index (χ3v) is 4.84. The number of halogens is 4. The monoisotopic (exact) mass is 447 g/mol. The minimum absolute atomic E-state index is 0.284. The quantitative estimate of drug-likeness (QED) is 0.473. The molecule has 0 unspecified atom stereocenters. The Balaban J connectivity index is 2.36. The van der Waals surface area contributed by atoms with Crippen molar-refractivity contribution in [1.29, 1.82) is 0 Å². The zero-order valence-corrected chi connectivity index (χ0v) is 15.6. The van der Waals surface area contributed by atoms with Gasteiger partial charge in [-0.2, -0.15) is 0 Å². The molecule has 0 radical (unpaired) electrons. The summed E-state index contributed by atoms with van der Waals surface area (Å²) >= 11 is 19.3. The summed E-state index contributed by atoms with van der Waals surface area (Å²) in [5.74, 6) is 1.00. The van der Waals surface area contributed by atoms with E-state index in [1.165, 1.54) is 0 Å². The van der Waals surface area contributed by atoms with Gasteiger partial charge in [-0.1, -0.05) is 11.6 Å². The minimum Gasteiger partial charge on any atom is -0.278 e. The van der Waals surface area contributed by atoms with Crippen molar-refractivity contribution in [3.8, 4) is 5.69 Å². The lowest BCUT2D eigenvalue weighted by Crippen LogP contribution is -2.02. The largest absolute Gasteiger partial charge is 0.278 e. The normalized spacial score (nSPS) is 11.3. The lowest BCUT2D eigenvalue weighted by Gasteiger charge is -2.11. The van der Waals surface area contributed by atoms with Crippen LogP contribution in [0.4, 0.5) is 0 Å². The molecule has 0 aliphatic rings. The van der Waals surface area contributed by atoms with E-state index in [0.717, 1.165) is 37.2 Å². The maximum atomic E-state index is 6.26. The predicted octanol–water partition coefficient (Wildman–Crippen LogP) is 5.65. The second-order valence-electron chi connectivity index (χ2n) is 4.55. The van der Waals surface area contributed by atoms with E-state index in [9.17, 15) is 0 Å². The number of benzene rings is 1. The Bertz CT molecular complexity index is 846. The average molecular weight is 450 g/mol. The summed E-state index contributed by atoms with van der Waals surface area (Å²) in [4.78, 5) is 8.99. The maximum Gasteiger partial charge on any atom is 0.164 e. The summed E-state index contributed by atoms with van der Waals surface area (Å²) in [6.07, 6.45) is 1.74. The summed E-state index contributed by atoms with van der Waals surface area (Å²) in [6, 6.07) is 5.78. The Hall–Kier alpha value is -0.620. The summed E-state index contributed by atoms with van der Waals surface area (Å²) in [7, 11) is 0. The molecule has 7 heteroatoms. The Kier molecular flexibility index (Phi) is 4.28. The second kappa shape index (κ2) is 5.88. The average Bonchev–Trinajstić information content (AvgIpc) is 2.80. The second-order valence-corrected chi connectivity index (χ2v) is 6.99. The molecule has 0 saturated carbocycles. The van der Waals surface area contributed by atoms with E-state index in [-0.39, 0.29) is 5.88 Å². The number of imidazole rings is 1. The van der Waals surface area contributed by atoms with E-state index >= 15 is 0 Å². The van der Waals surface area contributed by atoms with Gasteiger partial charge in [-0.3, -0.25) is 4.57 Å². The zero-order chi connectivity index (χ0) is 15.1. The van der Waals surface area contributed by atoms with E-state index < -0.39 is 0 Å².